The average Bonchev–Trinajstić information content (AvgIpc) is 2.70. The lowest BCUT2D eigenvalue weighted by molar-refractivity contribution is 0.0302. The van der Waals surface area contributed by atoms with Crippen LogP contribution in [-0.2, 0) is 4.74 Å². The van der Waals surface area contributed by atoms with Gasteiger partial charge in [0.25, 0.3) is 11.8 Å². The molecule has 0 radical (unpaired) electrons. The van der Waals surface area contributed by atoms with Crippen molar-refractivity contribution in [2.45, 2.75) is 6.92 Å². The third-order valence-corrected chi connectivity index (χ3v) is 3.97. The van der Waals surface area contributed by atoms with Crippen LogP contribution >= 0.6 is 0 Å². The molecule has 2 heterocycles. The molecule has 0 unspecified atom stereocenters. The summed E-state index contributed by atoms with van der Waals surface area (Å²) in [7, 11) is 0. The Morgan fingerprint density at radius 1 is 1.15 bits per heavy atom. The quantitative estimate of drug-likeness (QED) is 0.889. The number of nitrogens with zero attached hydrogens (tertiary/aromatic N) is 2. The van der Waals surface area contributed by atoms with Crippen LogP contribution < -0.4 is 10.1 Å². The maximum Gasteiger partial charge on any atom is 0.257 e. The Hall–Kier alpha value is -2.93. The molecular formula is C19H21N3O4. The van der Waals surface area contributed by atoms with Gasteiger partial charge in [0.15, 0.2) is 0 Å². The monoisotopic (exact) mass is 355 g/mol. The molecule has 0 bridgehead atoms. The fraction of sp³-hybridized carbons (Fsp3) is 0.316. The van der Waals surface area contributed by atoms with Gasteiger partial charge in [-0.3, -0.25) is 14.6 Å². The highest BCUT2D eigenvalue weighted by atomic mass is 16.5. The van der Waals surface area contributed by atoms with Crippen LogP contribution in [0.15, 0.2) is 42.7 Å². The molecule has 7 heteroatoms. The zero-order valence-corrected chi connectivity index (χ0v) is 14.6. The maximum atomic E-state index is 12.5. The number of hydrogen-bond acceptors (Lipinski definition) is 5. The van der Waals surface area contributed by atoms with E-state index >= 15 is 0 Å². The Morgan fingerprint density at radius 3 is 2.54 bits per heavy atom. The number of benzene rings is 1. The molecule has 1 saturated heterocycles. The Morgan fingerprint density at radius 2 is 1.85 bits per heavy atom. The molecule has 1 aliphatic heterocycles. The van der Waals surface area contributed by atoms with E-state index in [1.165, 1.54) is 12.4 Å². The van der Waals surface area contributed by atoms with E-state index < -0.39 is 0 Å². The summed E-state index contributed by atoms with van der Waals surface area (Å²) in [4.78, 5) is 30.7. The molecule has 2 amide bonds. The second-order valence-electron chi connectivity index (χ2n) is 5.78. The zero-order chi connectivity index (χ0) is 18.4. The van der Waals surface area contributed by atoms with E-state index in [0.717, 1.165) is 5.75 Å². The van der Waals surface area contributed by atoms with Crippen LogP contribution in [0.3, 0.4) is 0 Å². The molecule has 26 heavy (non-hydrogen) atoms. The third kappa shape index (κ3) is 4.37. The average molecular weight is 355 g/mol. The van der Waals surface area contributed by atoms with E-state index in [2.05, 4.69) is 10.3 Å². The zero-order valence-electron chi connectivity index (χ0n) is 14.6. The van der Waals surface area contributed by atoms with Gasteiger partial charge in [-0.15, -0.1) is 0 Å². The third-order valence-electron chi connectivity index (χ3n) is 3.97. The number of anilines is 1. The summed E-state index contributed by atoms with van der Waals surface area (Å²) in [5.74, 6) is 0.278. The van der Waals surface area contributed by atoms with Crippen LogP contribution in [-0.4, -0.2) is 54.6 Å². The first kappa shape index (κ1) is 17.9. The Balaban J connectivity index is 1.68. The summed E-state index contributed by atoms with van der Waals surface area (Å²) < 4.78 is 10.6. The number of morpholine rings is 1. The normalized spacial score (nSPS) is 14.0. The number of rotatable bonds is 5. The maximum absolute atomic E-state index is 12.5. The summed E-state index contributed by atoms with van der Waals surface area (Å²) in [6.07, 6.45) is 2.92. The van der Waals surface area contributed by atoms with Gasteiger partial charge in [0.1, 0.15) is 5.75 Å². The molecule has 1 fully saturated rings. The molecule has 2 aromatic rings. The highest BCUT2D eigenvalue weighted by Crippen LogP contribution is 2.17. The lowest BCUT2D eigenvalue weighted by Gasteiger charge is -2.26. The van der Waals surface area contributed by atoms with E-state index in [4.69, 9.17) is 9.47 Å². The van der Waals surface area contributed by atoms with Gasteiger partial charge < -0.3 is 19.7 Å². The molecule has 0 spiro atoms. The number of amides is 2. The number of aromatic nitrogens is 1. The Kier molecular flexibility index (Phi) is 5.80. The van der Waals surface area contributed by atoms with Crippen molar-refractivity contribution in [3.8, 4) is 5.75 Å². The van der Waals surface area contributed by atoms with Crippen molar-refractivity contribution in [3.05, 3.63) is 53.9 Å². The summed E-state index contributed by atoms with van der Waals surface area (Å²) in [5, 5.41) is 2.79. The van der Waals surface area contributed by atoms with Crippen LogP contribution in [0, 0.1) is 0 Å². The molecule has 0 saturated carbocycles. The van der Waals surface area contributed by atoms with Gasteiger partial charge >= 0.3 is 0 Å². The molecular weight excluding hydrogens is 334 g/mol. The smallest absolute Gasteiger partial charge is 0.257 e. The van der Waals surface area contributed by atoms with E-state index in [1.807, 2.05) is 6.92 Å². The standard InChI is InChI=1S/C19H21N3O4/c1-2-26-17-5-3-16(4-6-17)21-18(23)14-11-15(13-20-12-14)19(24)22-7-9-25-10-8-22/h3-6,11-13H,2,7-10H2,1H3,(H,21,23). The predicted octanol–water partition coefficient (Wildman–Crippen LogP) is 2.21. The van der Waals surface area contributed by atoms with Gasteiger partial charge in [-0.2, -0.15) is 0 Å². The molecule has 7 nitrogen and oxygen atoms in total. The lowest BCUT2D eigenvalue weighted by atomic mass is 10.1. The van der Waals surface area contributed by atoms with Crippen LogP contribution in [0.4, 0.5) is 5.69 Å². The summed E-state index contributed by atoms with van der Waals surface area (Å²) in [6.45, 7) is 4.63. The molecule has 0 aliphatic carbocycles. The molecule has 1 aromatic heterocycles. The van der Waals surface area contributed by atoms with Crippen molar-refractivity contribution >= 4 is 17.5 Å². The molecule has 1 aliphatic rings. The molecule has 1 N–H and O–H groups in total. The van der Waals surface area contributed by atoms with E-state index in [0.29, 0.717) is 49.7 Å². The number of hydrogen-bond donors (Lipinski definition) is 1. The highest BCUT2D eigenvalue weighted by molar-refractivity contribution is 6.05. The highest BCUT2D eigenvalue weighted by Gasteiger charge is 2.20. The van der Waals surface area contributed by atoms with Crippen molar-refractivity contribution in [1.82, 2.24) is 9.88 Å². The second kappa shape index (κ2) is 8.44. The SMILES string of the molecule is CCOc1ccc(NC(=O)c2cncc(C(=O)N3CCOCC3)c2)cc1. The Bertz CT molecular complexity index is 771. The van der Waals surface area contributed by atoms with Gasteiger partial charge in [0.2, 0.25) is 0 Å². The number of nitrogens with one attached hydrogen (secondary N) is 1. The van der Waals surface area contributed by atoms with Crippen molar-refractivity contribution in [2.24, 2.45) is 0 Å². The van der Waals surface area contributed by atoms with Crippen LogP contribution in [0.1, 0.15) is 27.6 Å². The molecule has 0 atom stereocenters. The first-order valence-electron chi connectivity index (χ1n) is 8.53. The summed E-state index contributed by atoms with van der Waals surface area (Å²) >= 11 is 0. The lowest BCUT2D eigenvalue weighted by Crippen LogP contribution is -2.40. The largest absolute Gasteiger partial charge is 0.494 e. The molecule has 1 aromatic carbocycles. The number of pyridine rings is 1. The van der Waals surface area contributed by atoms with E-state index in [1.54, 1.807) is 35.2 Å². The van der Waals surface area contributed by atoms with Gasteiger partial charge in [0, 0.05) is 31.2 Å². The topological polar surface area (TPSA) is 80.8 Å². The molecule has 3 rings (SSSR count). The first-order chi connectivity index (χ1) is 12.7. The first-order valence-corrected chi connectivity index (χ1v) is 8.53. The van der Waals surface area contributed by atoms with Crippen molar-refractivity contribution in [2.75, 3.05) is 38.2 Å². The molecule has 136 valence electrons. The minimum atomic E-state index is -0.321. The van der Waals surface area contributed by atoms with Crippen LogP contribution in [0.2, 0.25) is 0 Å². The van der Waals surface area contributed by atoms with E-state index in [9.17, 15) is 9.59 Å². The van der Waals surface area contributed by atoms with Gasteiger partial charge in [-0.1, -0.05) is 0 Å². The van der Waals surface area contributed by atoms with Gasteiger partial charge in [-0.25, -0.2) is 0 Å². The van der Waals surface area contributed by atoms with Gasteiger partial charge in [-0.05, 0) is 37.3 Å². The van der Waals surface area contributed by atoms with Crippen molar-refractivity contribution < 1.29 is 19.1 Å². The fourth-order valence-electron chi connectivity index (χ4n) is 2.63. The number of carbonyl (C=O) groups excluding carboxylic acids is 2. The van der Waals surface area contributed by atoms with Gasteiger partial charge in [0.05, 0.1) is 30.9 Å². The van der Waals surface area contributed by atoms with Crippen LogP contribution in [0.5, 0.6) is 5.75 Å². The van der Waals surface area contributed by atoms with Crippen LogP contribution in [0.25, 0.3) is 0 Å². The Labute approximate surface area is 151 Å². The van der Waals surface area contributed by atoms with Crippen molar-refractivity contribution in [1.29, 1.82) is 0 Å². The second-order valence-corrected chi connectivity index (χ2v) is 5.78. The van der Waals surface area contributed by atoms with Crippen molar-refractivity contribution in [3.63, 3.8) is 0 Å². The predicted molar refractivity (Wildman–Crippen MR) is 96.5 cm³/mol. The summed E-state index contributed by atoms with van der Waals surface area (Å²) in [6, 6.07) is 8.66. The number of ether oxygens (including phenoxy) is 2. The fourth-order valence-corrected chi connectivity index (χ4v) is 2.63. The van der Waals surface area contributed by atoms with E-state index in [-0.39, 0.29) is 11.8 Å². The minimum Gasteiger partial charge on any atom is -0.494 e. The summed E-state index contributed by atoms with van der Waals surface area (Å²) in [5.41, 5.74) is 1.37. The minimum absolute atomic E-state index is 0.142. The number of carbonyl (C=O) groups is 2.